The van der Waals surface area contributed by atoms with Crippen LogP contribution in [0.3, 0.4) is 0 Å². The number of nitrogens with zero attached hydrogens (tertiary/aromatic N) is 1. The van der Waals surface area contributed by atoms with Crippen LogP contribution in [-0.2, 0) is 4.79 Å². The van der Waals surface area contributed by atoms with Gasteiger partial charge < -0.3 is 14.4 Å². The Labute approximate surface area is 105 Å². The number of likely N-dealkylation sites (tertiary alicyclic amines) is 1. The lowest BCUT2D eigenvalue weighted by Gasteiger charge is -2.24. The molecule has 0 atom stereocenters. The third kappa shape index (κ3) is 3.00. The van der Waals surface area contributed by atoms with E-state index in [1.165, 1.54) is 4.90 Å². The van der Waals surface area contributed by atoms with E-state index in [9.17, 15) is 9.59 Å². The first-order chi connectivity index (χ1) is 8.69. The molecular formula is C13H15NO4. The fraction of sp³-hybridized carbons (Fsp3) is 0.385. The molecule has 0 N–H and O–H groups in total. The van der Waals surface area contributed by atoms with Crippen LogP contribution >= 0.6 is 0 Å². The lowest BCUT2D eigenvalue weighted by molar-refractivity contribution is -0.121. The Balaban J connectivity index is 1.95. The highest BCUT2D eigenvalue weighted by molar-refractivity contribution is 5.85. The molecule has 1 aliphatic heterocycles. The second-order valence-corrected chi connectivity index (χ2v) is 4.11. The van der Waals surface area contributed by atoms with Crippen molar-refractivity contribution in [3.63, 3.8) is 0 Å². The van der Waals surface area contributed by atoms with Gasteiger partial charge in [0.15, 0.2) is 5.78 Å². The Bertz CT molecular complexity index is 441. The van der Waals surface area contributed by atoms with E-state index in [0.29, 0.717) is 30.9 Å². The summed E-state index contributed by atoms with van der Waals surface area (Å²) in [4.78, 5) is 24.5. The molecule has 0 aliphatic carbocycles. The molecule has 5 heteroatoms. The molecule has 96 valence electrons. The number of carbonyl (C=O) groups is 2. The number of amides is 1. The van der Waals surface area contributed by atoms with Gasteiger partial charge in [-0.25, -0.2) is 4.79 Å². The number of carbonyl (C=O) groups excluding carboxylic acids is 2. The number of methoxy groups -OCH3 is 1. The first-order valence-corrected chi connectivity index (χ1v) is 5.81. The maximum absolute atomic E-state index is 11.8. The highest BCUT2D eigenvalue weighted by atomic mass is 16.6. The molecule has 0 unspecified atom stereocenters. The average Bonchev–Trinajstić information content (AvgIpc) is 2.39. The smallest absolute Gasteiger partial charge is 0.415 e. The van der Waals surface area contributed by atoms with E-state index in [1.54, 1.807) is 31.4 Å². The van der Waals surface area contributed by atoms with E-state index in [4.69, 9.17) is 9.47 Å². The molecule has 1 amide bonds. The molecule has 1 saturated heterocycles. The Morgan fingerprint density at radius 1 is 1.22 bits per heavy atom. The van der Waals surface area contributed by atoms with Crippen LogP contribution in [0, 0.1) is 0 Å². The van der Waals surface area contributed by atoms with Crippen molar-refractivity contribution in [1.82, 2.24) is 4.90 Å². The Hall–Kier alpha value is -2.04. The van der Waals surface area contributed by atoms with Gasteiger partial charge in [0.25, 0.3) is 0 Å². The molecule has 0 bridgehead atoms. The summed E-state index contributed by atoms with van der Waals surface area (Å²) in [6.45, 7) is 0.718. The van der Waals surface area contributed by atoms with Crippen molar-refractivity contribution in [3.8, 4) is 11.5 Å². The molecule has 2 rings (SSSR count). The van der Waals surface area contributed by atoms with Crippen LogP contribution in [0.5, 0.6) is 11.5 Å². The van der Waals surface area contributed by atoms with Gasteiger partial charge >= 0.3 is 6.09 Å². The fourth-order valence-electron chi connectivity index (χ4n) is 1.80. The van der Waals surface area contributed by atoms with Gasteiger partial charge in [-0.1, -0.05) is 0 Å². The van der Waals surface area contributed by atoms with E-state index in [1.807, 2.05) is 0 Å². The summed E-state index contributed by atoms with van der Waals surface area (Å²) in [5.74, 6) is 1.22. The Morgan fingerprint density at radius 2 is 1.89 bits per heavy atom. The normalized spacial score (nSPS) is 15.4. The van der Waals surface area contributed by atoms with Crippen LogP contribution in [0.4, 0.5) is 4.79 Å². The molecule has 1 heterocycles. The van der Waals surface area contributed by atoms with Crippen molar-refractivity contribution < 1.29 is 19.1 Å². The number of hydrogen-bond acceptors (Lipinski definition) is 4. The molecule has 1 fully saturated rings. The van der Waals surface area contributed by atoms with Gasteiger partial charge in [-0.15, -0.1) is 0 Å². The van der Waals surface area contributed by atoms with Crippen molar-refractivity contribution >= 4 is 11.9 Å². The summed E-state index contributed by atoms with van der Waals surface area (Å²) in [6, 6.07) is 6.74. The summed E-state index contributed by atoms with van der Waals surface area (Å²) in [5.41, 5.74) is 0. The van der Waals surface area contributed by atoms with Gasteiger partial charge in [-0.05, 0) is 30.7 Å². The predicted octanol–water partition coefficient (Wildman–Crippen LogP) is 1.86. The molecule has 1 aliphatic rings. The average molecular weight is 249 g/mol. The monoisotopic (exact) mass is 249 g/mol. The summed E-state index contributed by atoms with van der Waals surface area (Å²) in [5, 5.41) is 0. The van der Waals surface area contributed by atoms with Crippen molar-refractivity contribution in [2.75, 3.05) is 20.2 Å². The largest absolute Gasteiger partial charge is 0.497 e. The van der Waals surface area contributed by atoms with Crippen LogP contribution in [0.1, 0.15) is 12.8 Å². The summed E-state index contributed by atoms with van der Waals surface area (Å²) in [6.07, 6.45) is 0.774. The molecule has 0 saturated carbocycles. The number of hydrogen-bond donors (Lipinski definition) is 0. The highest BCUT2D eigenvalue weighted by Crippen LogP contribution is 2.18. The van der Waals surface area contributed by atoms with Crippen LogP contribution < -0.4 is 9.47 Å². The SMILES string of the molecule is COc1ccc(OC(=O)N2CCCC(=O)C2)cc1. The van der Waals surface area contributed by atoms with Crippen molar-refractivity contribution in [1.29, 1.82) is 0 Å². The second kappa shape index (κ2) is 5.53. The second-order valence-electron chi connectivity index (χ2n) is 4.11. The molecule has 1 aromatic rings. The van der Waals surface area contributed by atoms with Gasteiger partial charge in [0.2, 0.25) is 0 Å². The lowest BCUT2D eigenvalue weighted by Crippen LogP contribution is -2.41. The number of rotatable bonds is 2. The highest BCUT2D eigenvalue weighted by Gasteiger charge is 2.22. The van der Waals surface area contributed by atoms with Gasteiger partial charge in [-0.3, -0.25) is 4.79 Å². The van der Waals surface area contributed by atoms with E-state index >= 15 is 0 Å². The van der Waals surface area contributed by atoms with Gasteiger partial charge in [-0.2, -0.15) is 0 Å². The zero-order valence-electron chi connectivity index (χ0n) is 10.2. The maximum Gasteiger partial charge on any atom is 0.415 e. The van der Waals surface area contributed by atoms with Crippen molar-refractivity contribution in [2.24, 2.45) is 0 Å². The maximum atomic E-state index is 11.8. The number of piperidine rings is 1. The minimum atomic E-state index is -0.479. The summed E-state index contributed by atoms with van der Waals surface area (Å²) in [7, 11) is 1.57. The standard InChI is InChI=1S/C13H15NO4/c1-17-11-4-6-12(7-5-11)18-13(16)14-8-2-3-10(15)9-14/h4-7H,2-3,8-9H2,1H3. The Morgan fingerprint density at radius 3 is 2.50 bits per heavy atom. The van der Waals surface area contributed by atoms with Gasteiger partial charge in [0.1, 0.15) is 11.5 Å². The molecule has 5 nitrogen and oxygen atoms in total. The summed E-state index contributed by atoms with van der Waals surface area (Å²) < 4.78 is 10.2. The van der Waals surface area contributed by atoms with Gasteiger partial charge in [0, 0.05) is 13.0 Å². The third-order valence-corrected chi connectivity index (χ3v) is 2.77. The molecule has 0 spiro atoms. The Kier molecular flexibility index (Phi) is 3.82. The molecule has 0 aromatic heterocycles. The minimum absolute atomic E-state index is 0.0768. The number of ketones is 1. The first-order valence-electron chi connectivity index (χ1n) is 5.81. The van der Waals surface area contributed by atoms with Crippen molar-refractivity contribution in [2.45, 2.75) is 12.8 Å². The minimum Gasteiger partial charge on any atom is -0.497 e. The van der Waals surface area contributed by atoms with Gasteiger partial charge in [0.05, 0.1) is 13.7 Å². The van der Waals surface area contributed by atoms with E-state index in [0.717, 1.165) is 0 Å². The summed E-state index contributed by atoms with van der Waals surface area (Å²) >= 11 is 0. The molecule has 0 radical (unpaired) electrons. The van der Waals surface area contributed by atoms with E-state index in [-0.39, 0.29) is 12.3 Å². The van der Waals surface area contributed by atoms with Crippen molar-refractivity contribution in [3.05, 3.63) is 24.3 Å². The predicted molar refractivity (Wildman–Crippen MR) is 64.8 cm³/mol. The topological polar surface area (TPSA) is 55.8 Å². The van der Waals surface area contributed by atoms with Crippen LogP contribution in [0.2, 0.25) is 0 Å². The van der Waals surface area contributed by atoms with E-state index < -0.39 is 6.09 Å². The molecular weight excluding hydrogens is 234 g/mol. The molecule has 18 heavy (non-hydrogen) atoms. The van der Waals surface area contributed by atoms with E-state index in [2.05, 4.69) is 0 Å². The lowest BCUT2D eigenvalue weighted by atomic mass is 10.1. The third-order valence-electron chi connectivity index (χ3n) is 2.77. The fourth-order valence-corrected chi connectivity index (χ4v) is 1.80. The zero-order valence-corrected chi connectivity index (χ0v) is 10.2. The van der Waals surface area contributed by atoms with Crippen LogP contribution in [0.15, 0.2) is 24.3 Å². The first kappa shape index (κ1) is 12.4. The zero-order chi connectivity index (χ0) is 13.0. The van der Waals surface area contributed by atoms with Crippen LogP contribution in [0.25, 0.3) is 0 Å². The number of benzene rings is 1. The number of Topliss-reactive ketones (excluding diaryl/α,β-unsaturated/α-hetero) is 1. The molecule has 1 aromatic carbocycles. The number of ether oxygens (including phenoxy) is 2. The quantitative estimate of drug-likeness (QED) is 0.802. The van der Waals surface area contributed by atoms with Crippen LogP contribution in [-0.4, -0.2) is 37.0 Å².